The summed E-state index contributed by atoms with van der Waals surface area (Å²) in [6, 6.07) is 16.9. The molecular weight excluding hydrogens is 649 g/mol. The van der Waals surface area contributed by atoms with Crippen molar-refractivity contribution in [2.75, 3.05) is 62.2 Å². The van der Waals surface area contributed by atoms with Crippen LogP contribution < -0.4 is 19.9 Å². The van der Waals surface area contributed by atoms with Gasteiger partial charge in [0.2, 0.25) is 11.8 Å². The molecule has 3 aromatic rings. The zero-order valence-corrected chi connectivity index (χ0v) is 29.2. The predicted octanol–water partition coefficient (Wildman–Crippen LogP) is 4.88. The highest BCUT2D eigenvalue weighted by Crippen LogP contribution is 2.44. The van der Waals surface area contributed by atoms with Crippen LogP contribution in [-0.4, -0.2) is 91.1 Å². The maximum atomic E-state index is 15.4. The van der Waals surface area contributed by atoms with Gasteiger partial charge in [-0.2, -0.15) is 0 Å². The average Bonchev–Trinajstić information content (AvgIpc) is 3.45. The predicted molar refractivity (Wildman–Crippen MR) is 192 cm³/mol. The molecule has 268 valence electrons. The number of imide groups is 1. The molecule has 10 nitrogen and oxygen atoms in total. The third-order valence-corrected chi connectivity index (χ3v) is 11.8. The molecule has 0 radical (unpaired) electrons. The molecule has 0 saturated carbocycles. The van der Waals surface area contributed by atoms with Crippen molar-refractivity contribution in [2.45, 2.75) is 57.5 Å². The molecule has 0 spiro atoms. The molecule has 5 heterocycles. The van der Waals surface area contributed by atoms with Crippen LogP contribution in [0.5, 0.6) is 11.5 Å². The number of anilines is 2. The number of carbonyl (C=O) groups excluding carboxylic acids is 3. The number of amides is 3. The summed E-state index contributed by atoms with van der Waals surface area (Å²) < 4.78 is 21.4. The second kappa shape index (κ2) is 13.8. The molecule has 2 N–H and O–H groups in total. The number of phenols is 1. The SMILES string of the molecule is CC[C@@H]1COc2cc(O)ccc2[C@@H]1c1ccc(N2CCC(CN3CCN(c4cc5c(cc4F)C(=O)N([C@H]4CCC(=O)NC4=O)C5)CC3)CC2)cc1. The third kappa shape index (κ3) is 6.52. The molecule has 0 unspecified atom stereocenters. The quantitative estimate of drug-likeness (QED) is 0.337. The van der Waals surface area contributed by atoms with E-state index in [9.17, 15) is 19.5 Å². The summed E-state index contributed by atoms with van der Waals surface area (Å²) in [7, 11) is 0. The number of fused-ring (bicyclic) bond motifs is 2. The number of rotatable bonds is 7. The summed E-state index contributed by atoms with van der Waals surface area (Å²) >= 11 is 0. The lowest BCUT2D eigenvalue weighted by Gasteiger charge is -2.40. The zero-order chi connectivity index (χ0) is 35.2. The topological polar surface area (TPSA) is 106 Å². The Labute approximate surface area is 298 Å². The van der Waals surface area contributed by atoms with Crippen LogP contribution in [0.3, 0.4) is 0 Å². The van der Waals surface area contributed by atoms with Crippen molar-refractivity contribution in [3.8, 4) is 11.5 Å². The molecule has 3 fully saturated rings. The van der Waals surface area contributed by atoms with Gasteiger partial charge in [0.25, 0.3) is 5.91 Å². The van der Waals surface area contributed by atoms with E-state index in [4.69, 9.17) is 4.74 Å². The van der Waals surface area contributed by atoms with Gasteiger partial charge < -0.3 is 24.5 Å². The average molecular weight is 696 g/mol. The van der Waals surface area contributed by atoms with Crippen LogP contribution in [-0.2, 0) is 16.1 Å². The van der Waals surface area contributed by atoms with Crippen LogP contribution in [0, 0.1) is 17.7 Å². The summed E-state index contributed by atoms with van der Waals surface area (Å²) in [6.45, 7) is 9.33. The maximum absolute atomic E-state index is 15.4. The van der Waals surface area contributed by atoms with Gasteiger partial charge >= 0.3 is 0 Å². The lowest BCUT2D eigenvalue weighted by atomic mass is 9.78. The van der Waals surface area contributed by atoms with E-state index in [1.165, 1.54) is 22.2 Å². The van der Waals surface area contributed by atoms with E-state index >= 15 is 4.39 Å². The highest BCUT2D eigenvalue weighted by atomic mass is 19.1. The Hall–Kier alpha value is -4.64. The van der Waals surface area contributed by atoms with E-state index < -0.39 is 17.8 Å². The van der Waals surface area contributed by atoms with Gasteiger partial charge in [-0.3, -0.25) is 24.6 Å². The van der Waals surface area contributed by atoms with E-state index in [0.717, 1.165) is 68.9 Å². The molecule has 3 amide bonds. The van der Waals surface area contributed by atoms with Gasteiger partial charge in [0.15, 0.2) is 0 Å². The second-order valence-electron chi connectivity index (χ2n) is 14.8. The van der Waals surface area contributed by atoms with Gasteiger partial charge in [-0.05, 0) is 73.1 Å². The van der Waals surface area contributed by atoms with Crippen LogP contribution in [0.2, 0.25) is 0 Å². The molecule has 5 aliphatic rings. The van der Waals surface area contributed by atoms with E-state index in [1.54, 1.807) is 18.2 Å². The number of hydrogen-bond donors (Lipinski definition) is 2. The Morgan fingerprint density at radius 3 is 2.39 bits per heavy atom. The fraction of sp³-hybridized carbons (Fsp3) is 0.475. The molecule has 0 bridgehead atoms. The summed E-state index contributed by atoms with van der Waals surface area (Å²) in [5, 5.41) is 12.3. The van der Waals surface area contributed by atoms with Crippen molar-refractivity contribution in [1.82, 2.24) is 15.1 Å². The van der Waals surface area contributed by atoms with Gasteiger partial charge in [0.1, 0.15) is 23.4 Å². The summed E-state index contributed by atoms with van der Waals surface area (Å²) in [6.07, 6.45) is 3.76. The van der Waals surface area contributed by atoms with E-state index in [0.29, 0.717) is 42.8 Å². The lowest BCUT2D eigenvalue weighted by Crippen LogP contribution is -2.52. The van der Waals surface area contributed by atoms with Crippen LogP contribution in [0.25, 0.3) is 0 Å². The number of halogens is 1. The van der Waals surface area contributed by atoms with Crippen molar-refractivity contribution in [3.63, 3.8) is 0 Å². The monoisotopic (exact) mass is 695 g/mol. The number of hydrogen-bond acceptors (Lipinski definition) is 8. The van der Waals surface area contributed by atoms with E-state index in [1.807, 2.05) is 6.07 Å². The van der Waals surface area contributed by atoms with Crippen molar-refractivity contribution >= 4 is 29.1 Å². The number of piperidine rings is 2. The smallest absolute Gasteiger partial charge is 0.255 e. The zero-order valence-electron chi connectivity index (χ0n) is 29.2. The minimum atomic E-state index is -0.711. The van der Waals surface area contributed by atoms with Crippen molar-refractivity contribution < 1.29 is 28.6 Å². The third-order valence-electron chi connectivity index (χ3n) is 11.8. The largest absolute Gasteiger partial charge is 0.508 e. The van der Waals surface area contributed by atoms with Gasteiger partial charge in [-0.25, -0.2) is 4.39 Å². The number of benzene rings is 3. The number of ether oxygens (including phenoxy) is 1. The van der Waals surface area contributed by atoms with Gasteiger partial charge in [0, 0.05) is 93.5 Å². The first kappa shape index (κ1) is 33.5. The Bertz CT molecular complexity index is 1820. The summed E-state index contributed by atoms with van der Waals surface area (Å²) in [5.74, 6) is 0.716. The highest BCUT2D eigenvalue weighted by molar-refractivity contribution is 6.05. The lowest BCUT2D eigenvalue weighted by molar-refractivity contribution is -0.136. The number of phenolic OH excluding ortho intramolecular Hbond substituents is 1. The van der Waals surface area contributed by atoms with Gasteiger partial charge in [-0.15, -0.1) is 0 Å². The summed E-state index contributed by atoms with van der Waals surface area (Å²) in [5.41, 5.74) is 5.24. The fourth-order valence-electron chi connectivity index (χ4n) is 8.88. The number of piperazine rings is 1. The van der Waals surface area contributed by atoms with Crippen molar-refractivity contribution in [3.05, 3.63) is 82.7 Å². The molecule has 0 aliphatic carbocycles. The number of nitrogens with one attached hydrogen (secondary N) is 1. The van der Waals surface area contributed by atoms with Gasteiger partial charge in [-0.1, -0.05) is 25.1 Å². The van der Waals surface area contributed by atoms with Crippen molar-refractivity contribution in [1.29, 1.82) is 0 Å². The molecule has 3 atom stereocenters. The molecule has 8 rings (SSSR count). The van der Waals surface area contributed by atoms with Crippen LogP contribution in [0.1, 0.15) is 72.0 Å². The van der Waals surface area contributed by atoms with E-state index in [-0.39, 0.29) is 42.9 Å². The van der Waals surface area contributed by atoms with E-state index in [2.05, 4.69) is 51.2 Å². The Morgan fingerprint density at radius 2 is 1.67 bits per heavy atom. The fourth-order valence-corrected chi connectivity index (χ4v) is 8.88. The number of aromatic hydroxyl groups is 1. The molecule has 51 heavy (non-hydrogen) atoms. The molecule has 3 aromatic carbocycles. The number of carbonyl (C=O) groups is 3. The standard InChI is InChI=1S/C40H46FN5O5/c1-2-26-24-51-36-20-30(47)7-8-31(36)38(26)27-3-5-29(6-4-27)44-13-11-25(12-14-44)22-43-15-17-45(18-16-43)35-19-28-23-46(40(50)32(28)21-33(35)41)34-9-10-37(48)42-39(34)49/h3-8,19-21,25-26,34,38,47H,2,9-18,22-24H2,1H3,(H,42,48,49)/t26-,34+,38+/m1/s1. The Morgan fingerprint density at radius 1 is 0.902 bits per heavy atom. The minimum Gasteiger partial charge on any atom is -0.508 e. The first-order chi connectivity index (χ1) is 24.7. The number of nitrogens with zero attached hydrogens (tertiary/aromatic N) is 4. The molecule has 3 saturated heterocycles. The second-order valence-corrected chi connectivity index (χ2v) is 14.8. The van der Waals surface area contributed by atoms with Crippen molar-refractivity contribution in [2.24, 2.45) is 11.8 Å². The van der Waals surface area contributed by atoms with Crippen LogP contribution in [0.4, 0.5) is 15.8 Å². The molecule has 0 aromatic heterocycles. The highest BCUT2D eigenvalue weighted by Gasteiger charge is 2.40. The Kier molecular flexibility index (Phi) is 9.08. The van der Waals surface area contributed by atoms with Crippen LogP contribution >= 0.6 is 0 Å². The molecule has 5 aliphatic heterocycles. The first-order valence-corrected chi connectivity index (χ1v) is 18.5. The van der Waals surface area contributed by atoms with Gasteiger partial charge in [0.05, 0.1) is 12.3 Å². The maximum Gasteiger partial charge on any atom is 0.255 e. The first-order valence-electron chi connectivity index (χ1n) is 18.5. The Balaban J connectivity index is 0.833. The van der Waals surface area contributed by atoms with Crippen LogP contribution in [0.15, 0.2) is 54.6 Å². The summed E-state index contributed by atoms with van der Waals surface area (Å²) in [4.78, 5) is 45.6. The normalized spacial score (nSPS) is 24.3. The molecule has 11 heteroatoms. The minimum absolute atomic E-state index is 0.189. The molecular formula is C40H46FN5O5.